The largest absolute Gasteiger partial charge is 0.495 e. The highest BCUT2D eigenvalue weighted by molar-refractivity contribution is 7.89. The standard InChI is InChI=1S/C20H23F2N3O4S/c1-29-18-7-4-16(22)12-19(18)30(27,28)23-13-14-8-10-25(11-9-14)20(26)24-17-5-2-15(21)3-6-17/h2-7,12,14,23H,8-11,13H2,1H3,(H,24,26). The van der Waals surface area contributed by atoms with Crippen molar-refractivity contribution in [3.05, 3.63) is 54.1 Å². The molecule has 0 saturated carbocycles. The summed E-state index contributed by atoms with van der Waals surface area (Å²) in [6.07, 6.45) is 1.22. The number of rotatable bonds is 6. The van der Waals surface area contributed by atoms with Crippen molar-refractivity contribution in [3.63, 3.8) is 0 Å². The number of urea groups is 1. The summed E-state index contributed by atoms with van der Waals surface area (Å²) in [6, 6.07) is 8.52. The van der Waals surface area contributed by atoms with Crippen LogP contribution in [0, 0.1) is 17.6 Å². The van der Waals surface area contributed by atoms with E-state index in [-0.39, 0.29) is 35.0 Å². The predicted molar refractivity (Wildman–Crippen MR) is 108 cm³/mol. The lowest BCUT2D eigenvalue weighted by molar-refractivity contribution is 0.183. The smallest absolute Gasteiger partial charge is 0.321 e. The van der Waals surface area contributed by atoms with E-state index in [1.165, 1.54) is 37.4 Å². The lowest BCUT2D eigenvalue weighted by atomic mass is 9.97. The number of anilines is 1. The molecular formula is C20H23F2N3O4S. The Morgan fingerprint density at radius 3 is 2.37 bits per heavy atom. The summed E-state index contributed by atoms with van der Waals surface area (Å²) in [5.41, 5.74) is 0.500. The molecule has 2 N–H and O–H groups in total. The van der Waals surface area contributed by atoms with Crippen molar-refractivity contribution in [3.8, 4) is 5.75 Å². The molecule has 1 saturated heterocycles. The number of benzene rings is 2. The maximum Gasteiger partial charge on any atom is 0.321 e. The third-order valence-electron chi connectivity index (χ3n) is 4.97. The predicted octanol–water partition coefficient (Wildman–Crippen LogP) is 3.20. The number of carbonyl (C=O) groups excluding carboxylic acids is 1. The molecule has 0 atom stereocenters. The maximum absolute atomic E-state index is 13.5. The Hall–Kier alpha value is -2.72. The monoisotopic (exact) mass is 439 g/mol. The fourth-order valence-electron chi connectivity index (χ4n) is 3.24. The zero-order valence-corrected chi connectivity index (χ0v) is 17.2. The minimum absolute atomic E-state index is 0.0363. The number of hydrogen-bond donors (Lipinski definition) is 2. The van der Waals surface area contributed by atoms with Crippen molar-refractivity contribution in [1.82, 2.24) is 9.62 Å². The normalized spacial score (nSPS) is 15.1. The molecule has 0 aromatic heterocycles. The lowest BCUT2D eigenvalue weighted by Gasteiger charge is -2.32. The van der Waals surface area contributed by atoms with Gasteiger partial charge in [0.25, 0.3) is 0 Å². The first-order chi connectivity index (χ1) is 14.3. The van der Waals surface area contributed by atoms with Gasteiger partial charge in [0.05, 0.1) is 7.11 Å². The quantitative estimate of drug-likeness (QED) is 0.724. The van der Waals surface area contributed by atoms with Gasteiger partial charge in [-0.1, -0.05) is 0 Å². The fourth-order valence-corrected chi connectivity index (χ4v) is 4.54. The molecule has 162 valence electrons. The average molecular weight is 439 g/mol. The summed E-state index contributed by atoms with van der Waals surface area (Å²) >= 11 is 0. The van der Waals surface area contributed by atoms with Crippen molar-refractivity contribution >= 4 is 21.7 Å². The molecule has 0 aliphatic carbocycles. The Labute approximate surface area is 174 Å². The van der Waals surface area contributed by atoms with E-state index in [2.05, 4.69) is 10.0 Å². The highest BCUT2D eigenvalue weighted by Gasteiger charge is 2.26. The molecular weight excluding hydrogens is 416 g/mol. The Morgan fingerprint density at radius 1 is 1.10 bits per heavy atom. The summed E-state index contributed by atoms with van der Waals surface area (Å²) in [7, 11) is -2.62. The first kappa shape index (κ1) is 22.0. The molecule has 1 aliphatic heterocycles. The van der Waals surface area contributed by atoms with Crippen LogP contribution in [0.1, 0.15) is 12.8 Å². The molecule has 0 bridgehead atoms. The van der Waals surface area contributed by atoms with Crippen LogP contribution in [0.3, 0.4) is 0 Å². The average Bonchev–Trinajstić information content (AvgIpc) is 2.74. The number of nitrogens with one attached hydrogen (secondary N) is 2. The molecule has 7 nitrogen and oxygen atoms in total. The number of piperidine rings is 1. The molecule has 1 aliphatic rings. The molecule has 2 amide bonds. The summed E-state index contributed by atoms with van der Waals surface area (Å²) in [5, 5.41) is 2.71. The van der Waals surface area contributed by atoms with Gasteiger partial charge < -0.3 is 15.0 Å². The number of methoxy groups -OCH3 is 1. The first-order valence-electron chi connectivity index (χ1n) is 9.43. The van der Waals surface area contributed by atoms with Gasteiger partial charge in [0.1, 0.15) is 22.3 Å². The van der Waals surface area contributed by atoms with E-state index in [0.29, 0.717) is 31.6 Å². The van der Waals surface area contributed by atoms with Crippen LogP contribution in [-0.2, 0) is 10.0 Å². The van der Waals surface area contributed by atoms with E-state index in [4.69, 9.17) is 4.74 Å². The molecule has 2 aromatic rings. The van der Waals surface area contributed by atoms with Crippen LogP contribution >= 0.6 is 0 Å². The third kappa shape index (κ3) is 5.45. The van der Waals surface area contributed by atoms with Gasteiger partial charge in [-0.15, -0.1) is 0 Å². The van der Waals surface area contributed by atoms with Crippen molar-refractivity contribution < 1.29 is 26.7 Å². The molecule has 30 heavy (non-hydrogen) atoms. The van der Waals surface area contributed by atoms with E-state index in [0.717, 1.165) is 12.1 Å². The molecule has 3 rings (SSSR count). The third-order valence-corrected chi connectivity index (χ3v) is 6.42. The van der Waals surface area contributed by atoms with Crippen LogP contribution in [0.5, 0.6) is 5.75 Å². The van der Waals surface area contributed by atoms with Gasteiger partial charge in [0.2, 0.25) is 10.0 Å². The Balaban J connectivity index is 1.51. The van der Waals surface area contributed by atoms with Crippen molar-refractivity contribution in [2.75, 3.05) is 32.1 Å². The summed E-state index contributed by atoms with van der Waals surface area (Å²) < 4.78 is 59.1. The molecule has 10 heteroatoms. The number of ether oxygens (including phenoxy) is 1. The molecule has 0 spiro atoms. The van der Waals surface area contributed by atoms with Gasteiger partial charge in [0, 0.05) is 25.3 Å². The highest BCUT2D eigenvalue weighted by Crippen LogP contribution is 2.25. The van der Waals surface area contributed by atoms with E-state index in [1.807, 2.05) is 0 Å². The maximum atomic E-state index is 13.5. The molecule has 1 fully saturated rings. The second kappa shape index (κ2) is 9.40. The topological polar surface area (TPSA) is 87.7 Å². The number of hydrogen-bond acceptors (Lipinski definition) is 4. The molecule has 0 unspecified atom stereocenters. The van der Waals surface area contributed by atoms with E-state index >= 15 is 0 Å². The summed E-state index contributed by atoms with van der Waals surface area (Å²) in [5.74, 6) is -0.950. The van der Waals surface area contributed by atoms with E-state index in [1.54, 1.807) is 4.90 Å². The minimum Gasteiger partial charge on any atom is -0.495 e. The fraction of sp³-hybridized carbons (Fsp3) is 0.350. The second-order valence-corrected chi connectivity index (χ2v) is 8.75. The van der Waals surface area contributed by atoms with Gasteiger partial charge in [0.15, 0.2) is 0 Å². The van der Waals surface area contributed by atoms with Crippen LogP contribution < -0.4 is 14.8 Å². The van der Waals surface area contributed by atoms with Gasteiger partial charge in [-0.2, -0.15) is 0 Å². The number of carbonyl (C=O) groups is 1. The minimum atomic E-state index is -3.94. The van der Waals surface area contributed by atoms with Crippen LogP contribution in [0.2, 0.25) is 0 Å². The number of halogens is 2. The van der Waals surface area contributed by atoms with Crippen LogP contribution in [0.15, 0.2) is 47.4 Å². The van der Waals surface area contributed by atoms with Gasteiger partial charge in [-0.05, 0) is 61.2 Å². The number of likely N-dealkylation sites (tertiary alicyclic amines) is 1. The van der Waals surface area contributed by atoms with Crippen LogP contribution in [0.25, 0.3) is 0 Å². The number of nitrogens with zero attached hydrogens (tertiary/aromatic N) is 1. The lowest BCUT2D eigenvalue weighted by Crippen LogP contribution is -2.43. The Morgan fingerprint density at radius 2 is 1.73 bits per heavy atom. The first-order valence-corrected chi connectivity index (χ1v) is 10.9. The highest BCUT2D eigenvalue weighted by atomic mass is 32.2. The zero-order chi connectivity index (χ0) is 21.7. The number of amides is 2. The molecule has 0 radical (unpaired) electrons. The van der Waals surface area contributed by atoms with Crippen molar-refractivity contribution in [2.45, 2.75) is 17.7 Å². The van der Waals surface area contributed by atoms with Gasteiger partial charge in [-0.3, -0.25) is 0 Å². The van der Waals surface area contributed by atoms with Crippen molar-refractivity contribution in [2.24, 2.45) is 5.92 Å². The number of sulfonamides is 1. The summed E-state index contributed by atoms with van der Waals surface area (Å²) in [4.78, 5) is 13.7. The molecule has 1 heterocycles. The van der Waals surface area contributed by atoms with Gasteiger partial charge in [-0.25, -0.2) is 26.7 Å². The SMILES string of the molecule is COc1ccc(F)cc1S(=O)(=O)NCC1CCN(C(=O)Nc2ccc(F)cc2)CC1. The van der Waals surface area contributed by atoms with Crippen LogP contribution in [-0.4, -0.2) is 46.1 Å². The summed E-state index contributed by atoms with van der Waals surface area (Å²) in [6.45, 7) is 1.10. The Kier molecular flexibility index (Phi) is 6.88. The van der Waals surface area contributed by atoms with Gasteiger partial charge >= 0.3 is 6.03 Å². The molecule has 2 aromatic carbocycles. The Bertz CT molecular complexity index is 992. The zero-order valence-electron chi connectivity index (χ0n) is 16.4. The van der Waals surface area contributed by atoms with Crippen LogP contribution in [0.4, 0.5) is 19.3 Å². The van der Waals surface area contributed by atoms with E-state index < -0.39 is 15.8 Å². The second-order valence-electron chi connectivity index (χ2n) is 7.01. The van der Waals surface area contributed by atoms with E-state index in [9.17, 15) is 22.0 Å². The van der Waals surface area contributed by atoms with Crippen molar-refractivity contribution in [1.29, 1.82) is 0 Å².